The molecule has 0 saturated carbocycles. The lowest BCUT2D eigenvalue weighted by atomic mass is 9.93. The number of hydrogen-bond acceptors (Lipinski definition) is 5. The zero-order valence-corrected chi connectivity index (χ0v) is 27.6. The number of nitrogens with one attached hydrogen (secondary N) is 1. The van der Waals surface area contributed by atoms with Crippen molar-refractivity contribution < 1.29 is 9.53 Å². The first-order chi connectivity index (χ1) is 22.0. The second-order valence-corrected chi connectivity index (χ2v) is 13.5. The summed E-state index contributed by atoms with van der Waals surface area (Å²) in [6, 6.07) is 29.6. The summed E-state index contributed by atoms with van der Waals surface area (Å²) in [5.74, 6) is 0. The van der Waals surface area contributed by atoms with Crippen LogP contribution in [-0.4, -0.2) is 78.8 Å². The molecule has 3 aromatic rings. The molecule has 3 aromatic carbocycles. The van der Waals surface area contributed by atoms with Gasteiger partial charge in [-0.15, -0.1) is 0 Å². The summed E-state index contributed by atoms with van der Waals surface area (Å²) in [5, 5.41) is 3.01. The number of amides is 1. The Labute approximate surface area is 271 Å². The van der Waals surface area contributed by atoms with E-state index in [4.69, 9.17) is 4.74 Å². The minimum absolute atomic E-state index is 0.367. The maximum atomic E-state index is 12.9. The topological polar surface area (TPSA) is 48.1 Å². The number of ether oxygens (including phenoxy) is 1. The molecule has 1 atom stereocenters. The van der Waals surface area contributed by atoms with Crippen LogP contribution < -0.4 is 5.32 Å². The van der Waals surface area contributed by atoms with Crippen LogP contribution >= 0.6 is 0 Å². The zero-order chi connectivity index (χ0) is 31.3. The Morgan fingerprint density at radius 1 is 0.822 bits per heavy atom. The standard InChI is InChI=1S/C39H54N4O2/c1-39(45-38(44)40-37-22-14-13-21-36(37)34-19-11-8-12-20-34)24-29-42(30-25-39)27-16-6-4-3-5-15-26-41(2)35-23-28-43(32-35)31-33-17-9-7-10-18-33/h7-14,17-22,35H,3-6,15-16,23-32H2,1-2H3,(H,40,44)/t35-/m1/s1. The second-order valence-electron chi connectivity index (χ2n) is 13.5. The lowest BCUT2D eigenvalue weighted by Gasteiger charge is -2.38. The molecule has 1 amide bonds. The molecular weight excluding hydrogens is 556 g/mol. The molecule has 5 rings (SSSR count). The third-order valence-corrected chi connectivity index (χ3v) is 9.86. The molecule has 0 radical (unpaired) electrons. The summed E-state index contributed by atoms with van der Waals surface area (Å²) in [7, 11) is 2.32. The van der Waals surface area contributed by atoms with E-state index in [0.29, 0.717) is 6.04 Å². The molecule has 2 aliphatic heterocycles. The summed E-state index contributed by atoms with van der Waals surface area (Å²) in [6.07, 6.45) is 10.6. The minimum Gasteiger partial charge on any atom is -0.443 e. The van der Waals surface area contributed by atoms with E-state index in [-0.39, 0.29) is 6.09 Å². The van der Waals surface area contributed by atoms with Gasteiger partial charge in [-0.25, -0.2) is 4.79 Å². The van der Waals surface area contributed by atoms with Crippen molar-refractivity contribution in [3.05, 3.63) is 90.5 Å². The minimum atomic E-state index is -0.423. The highest BCUT2D eigenvalue weighted by Gasteiger charge is 2.33. The Bertz CT molecular complexity index is 1290. The van der Waals surface area contributed by atoms with Gasteiger partial charge in [-0.05, 0) is 76.4 Å². The molecular formula is C39H54N4O2. The highest BCUT2D eigenvalue weighted by molar-refractivity contribution is 5.91. The maximum Gasteiger partial charge on any atom is 0.412 e. The maximum absolute atomic E-state index is 12.9. The molecule has 0 bridgehead atoms. The first-order valence-corrected chi connectivity index (χ1v) is 17.3. The number of rotatable bonds is 15. The van der Waals surface area contributed by atoms with E-state index in [2.05, 4.69) is 76.5 Å². The lowest BCUT2D eigenvalue weighted by Crippen LogP contribution is -2.46. The Hall–Kier alpha value is -3.19. The summed E-state index contributed by atoms with van der Waals surface area (Å²) in [4.78, 5) is 20.7. The molecule has 1 N–H and O–H groups in total. The van der Waals surface area contributed by atoms with E-state index < -0.39 is 5.60 Å². The van der Waals surface area contributed by atoms with Gasteiger partial charge in [-0.2, -0.15) is 0 Å². The monoisotopic (exact) mass is 610 g/mol. The number of para-hydroxylation sites is 1. The summed E-state index contributed by atoms with van der Waals surface area (Å²) in [6.45, 7) is 9.92. The Morgan fingerprint density at radius 2 is 1.47 bits per heavy atom. The molecule has 0 aliphatic carbocycles. The van der Waals surface area contributed by atoms with Crippen molar-refractivity contribution in [3.63, 3.8) is 0 Å². The molecule has 45 heavy (non-hydrogen) atoms. The average molecular weight is 611 g/mol. The Kier molecular flexibility index (Phi) is 12.5. The quantitative estimate of drug-likeness (QED) is 0.175. The molecule has 2 aliphatic rings. The van der Waals surface area contributed by atoms with E-state index in [1.807, 2.05) is 42.5 Å². The van der Waals surface area contributed by atoms with Gasteiger partial charge in [0.05, 0.1) is 5.69 Å². The molecule has 242 valence electrons. The highest BCUT2D eigenvalue weighted by Crippen LogP contribution is 2.30. The van der Waals surface area contributed by atoms with E-state index in [1.165, 1.54) is 70.1 Å². The number of hydrogen-bond donors (Lipinski definition) is 1. The second kappa shape index (κ2) is 16.9. The number of likely N-dealkylation sites (tertiary alicyclic amines) is 2. The number of piperidine rings is 1. The predicted molar refractivity (Wildman–Crippen MR) is 187 cm³/mol. The van der Waals surface area contributed by atoms with Gasteiger partial charge in [-0.1, -0.05) is 105 Å². The van der Waals surface area contributed by atoms with Gasteiger partial charge in [0, 0.05) is 44.3 Å². The Balaban J connectivity index is 0.898. The number of unbranched alkanes of at least 4 members (excludes halogenated alkanes) is 5. The predicted octanol–water partition coefficient (Wildman–Crippen LogP) is 8.30. The average Bonchev–Trinajstić information content (AvgIpc) is 3.53. The number of anilines is 1. The fraction of sp³-hybridized carbons (Fsp3) is 0.513. The summed E-state index contributed by atoms with van der Waals surface area (Å²) < 4.78 is 6.00. The van der Waals surface area contributed by atoms with Crippen LogP contribution in [0, 0.1) is 0 Å². The lowest BCUT2D eigenvalue weighted by molar-refractivity contribution is -0.0163. The number of nitrogens with zero attached hydrogens (tertiary/aromatic N) is 3. The van der Waals surface area contributed by atoms with E-state index in [0.717, 1.165) is 55.8 Å². The number of benzene rings is 3. The SMILES string of the molecule is CN(CCCCCCCCN1CCC(C)(OC(=O)Nc2ccccc2-c2ccccc2)CC1)[C@@H]1CCN(Cc2ccccc2)C1. The van der Waals surface area contributed by atoms with Gasteiger partial charge in [0.2, 0.25) is 0 Å². The third kappa shape index (κ3) is 10.4. The van der Waals surface area contributed by atoms with Crippen molar-refractivity contribution in [3.8, 4) is 11.1 Å². The van der Waals surface area contributed by atoms with Gasteiger partial charge in [-0.3, -0.25) is 10.2 Å². The Morgan fingerprint density at radius 3 is 2.22 bits per heavy atom. The highest BCUT2D eigenvalue weighted by atomic mass is 16.6. The summed E-state index contributed by atoms with van der Waals surface area (Å²) >= 11 is 0. The fourth-order valence-corrected chi connectivity index (χ4v) is 6.92. The zero-order valence-electron chi connectivity index (χ0n) is 27.6. The number of carbonyl (C=O) groups excluding carboxylic acids is 1. The van der Waals surface area contributed by atoms with Crippen LogP contribution in [0.1, 0.15) is 70.3 Å². The molecule has 0 aromatic heterocycles. The van der Waals surface area contributed by atoms with Gasteiger partial charge in [0.15, 0.2) is 0 Å². The van der Waals surface area contributed by atoms with Crippen molar-refractivity contribution >= 4 is 11.8 Å². The molecule has 0 unspecified atom stereocenters. The first kappa shape index (κ1) is 33.2. The van der Waals surface area contributed by atoms with Crippen molar-refractivity contribution in [2.24, 2.45) is 0 Å². The van der Waals surface area contributed by atoms with Crippen LogP contribution in [0.4, 0.5) is 10.5 Å². The smallest absolute Gasteiger partial charge is 0.412 e. The van der Waals surface area contributed by atoms with Gasteiger partial charge in [0.25, 0.3) is 0 Å². The van der Waals surface area contributed by atoms with Crippen molar-refractivity contribution in [2.75, 3.05) is 51.6 Å². The number of likely N-dealkylation sites (N-methyl/N-ethyl adjacent to an activating group) is 1. The van der Waals surface area contributed by atoms with Crippen LogP contribution in [0.25, 0.3) is 11.1 Å². The van der Waals surface area contributed by atoms with Crippen LogP contribution in [0.5, 0.6) is 0 Å². The van der Waals surface area contributed by atoms with Gasteiger partial charge < -0.3 is 14.5 Å². The van der Waals surface area contributed by atoms with E-state index in [1.54, 1.807) is 0 Å². The first-order valence-electron chi connectivity index (χ1n) is 17.3. The van der Waals surface area contributed by atoms with E-state index in [9.17, 15) is 4.79 Å². The van der Waals surface area contributed by atoms with E-state index >= 15 is 0 Å². The molecule has 0 spiro atoms. The third-order valence-electron chi connectivity index (χ3n) is 9.86. The normalized spacial score (nSPS) is 18.7. The number of carbonyl (C=O) groups is 1. The van der Waals surface area contributed by atoms with Crippen molar-refractivity contribution in [1.29, 1.82) is 0 Å². The van der Waals surface area contributed by atoms with Crippen molar-refractivity contribution in [2.45, 2.75) is 82.9 Å². The molecule has 2 fully saturated rings. The van der Waals surface area contributed by atoms with Crippen LogP contribution in [0.2, 0.25) is 0 Å². The molecule has 6 heteroatoms. The van der Waals surface area contributed by atoms with Crippen LogP contribution in [0.3, 0.4) is 0 Å². The van der Waals surface area contributed by atoms with Crippen LogP contribution in [0.15, 0.2) is 84.9 Å². The largest absolute Gasteiger partial charge is 0.443 e. The fourth-order valence-electron chi connectivity index (χ4n) is 6.92. The molecule has 6 nitrogen and oxygen atoms in total. The molecule has 2 heterocycles. The van der Waals surface area contributed by atoms with Gasteiger partial charge >= 0.3 is 6.09 Å². The summed E-state index contributed by atoms with van der Waals surface area (Å²) in [5.41, 5.74) is 3.86. The molecule has 2 saturated heterocycles. The van der Waals surface area contributed by atoms with Crippen molar-refractivity contribution in [1.82, 2.24) is 14.7 Å². The van der Waals surface area contributed by atoms with Gasteiger partial charge in [0.1, 0.15) is 5.60 Å². The van der Waals surface area contributed by atoms with Crippen LogP contribution in [-0.2, 0) is 11.3 Å².